The summed E-state index contributed by atoms with van der Waals surface area (Å²) in [6, 6.07) is 8.68. The van der Waals surface area contributed by atoms with Crippen LogP contribution in [0.15, 0.2) is 47.8 Å². The minimum Gasteiger partial charge on any atom is -0.383 e. The van der Waals surface area contributed by atoms with Crippen molar-refractivity contribution in [3.63, 3.8) is 0 Å². The van der Waals surface area contributed by atoms with Gasteiger partial charge in [-0.3, -0.25) is 0 Å². The molecule has 0 saturated carbocycles. The van der Waals surface area contributed by atoms with E-state index in [1.165, 1.54) is 17.7 Å². The number of thiazole rings is 1. The number of aryl methyl sites for hydroxylation is 1. The maximum absolute atomic E-state index is 6.12. The van der Waals surface area contributed by atoms with Gasteiger partial charge in [-0.05, 0) is 31.2 Å². The molecule has 0 aliphatic carbocycles. The minimum absolute atomic E-state index is 0.275. The number of pyridine rings is 1. The topological polar surface area (TPSA) is 102 Å². The number of fused-ring (bicyclic) bond motifs is 1. The first kappa shape index (κ1) is 18.5. The summed E-state index contributed by atoms with van der Waals surface area (Å²) in [4.78, 5) is 21.6. The summed E-state index contributed by atoms with van der Waals surface area (Å²) in [7, 11) is 0. The number of benzene rings is 1. The van der Waals surface area contributed by atoms with Gasteiger partial charge in [0.2, 0.25) is 5.13 Å². The highest BCUT2D eigenvalue weighted by atomic mass is 35.5. The Bertz CT molecular complexity index is 1190. The quantitative estimate of drug-likeness (QED) is 0.354. The van der Waals surface area contributed by atoms with Crippen LogP contribution >= 0.6 is 34.5 Å². The molecular weight excluding hydrogens is 417 g/mol. The second-order valence-corrected chi connectivity index (χ2v) is 7.68. The molecule has 0 fully saturated rings. The first-order valence-corrected chi connectivity index (χ1v) is 9.67. The van der Waals surface area contributed by atoms with Gasteiger partial charge >= 0.3 is 0 Å². The Morgan fingerprint density at radius 3 is 2.64 bits per heavy atom. The van der Waals surface area contributed by atoms with Crippen LogP contribution in [0.25, 0.3) is 10.2 Å². The lowest BCUT2D eigenvalue weighted by Gasteiger charge is -2.04. The number of anilines is 2. The van der Waals surface area contributed by atoms with E-state index in [9.17, 15) is 0 Å². The predicted octanol–water partition coefficient (Wildman–Crippen LogP) is 4.88. The van der Waals surface area contributed by atoms with Gasteiger partial charge in [0.15, 0.2) is 5.82 Å². The minimum atomic E-state index is 0.275. The average Bonchev–Trinajstić information content (AvgIpc) is 3.04. The average molecular weight is 430 g/mol. The van der Waals surface area contributed by atoms with Crippen LogP contribution in [-0.2, 0) is 0 Å². The summed E-state index contributed by atoms with van der Waals surface area (Å²) >= 11 is 13.4. The summed E-state index contributed by atoms with van der Waals surface area (Å²) in [5.41, 5.74) is 8.35. The normalized spacial score (nSPS) is 11.8. The molecule has 140 valence electrons. The number of halogens is 2. The van der Waals surface area contributed by atoms with E-state index in [0.717, 1.165) is 15.9 Å². The van der Waals surface area contributed by atoms with E-state index in [-0.39, 0.29) is 5.84 Å². The Labute approximate surface area is 174 Å². The van der Waals surface area contributed by atoms with E-state index in [2.05, 4.69) is 30.2 Å². The second-order valence-electron chi connectivity index (χ2n) is 5.83. The molecular formula is C18H13Cl2N7S. The molecule has 0 amide bonds. The predicted molar refractivity (Wildman–Crippen MR) is 114 cm³/mol. The fraction of sp³-hybridized carbons (Fsp3) is 0.0556. The van der Waals surface area contributed by atoms with Crippen LogP contribution in [0.1, 0.15) is 11.3 Å². The number of aliphatic imine (C=N–C) groups is 1. The largest absolute Gasteiger partial charge is 0.383 e. The van der Waals surface area contributed by atoms with Gasteiger partial charge in [-0.15, -0.1) is 0 Å². The lowest BCUT2D eigenvalue weighted by Crippen LogP contribution is -2.12. The maximum atomic E-state index is 6.12. The Balaban J connectivity index is 1.70. The van der Waals surface area contributed by atoms with E-state index in [0.29, 0.717) is 32.4 Å². The second kappa shape index (κ2) is 7.67. The van der Waals surface area contributed by atoms with Gasteiger partial charge in [-0.1, -0.05) is 34.5 Å². The number of nitrogens with one attached hydrogen (secondary N) is 1. The Kier molecular flexibility index (Phi) is 5.08. The van der Waals surface area contributed by atoms with Crippen molar-refractivity contribution in [3.8, 4) is 0 Å². The molecule has 4 aromatic rings. The Morgan fingerprint density at radius 2 is 1.89 bits per heavy atom. The molecule has 1 aromatic carbocycles. The van der Waals surface area contributed by atoms with Crippen molar-refractivity contribution in [1.29, 1.82) is 0 Å². The molecule has 0 bridgehead atoms. The number of aromatic nitrogens is 4. The fourth-order valence-electron chi connectivity index (χ4n) is 2.49. The van der Waals surface area contributed by atoms with Crippen molar-refractivity contribution in [1.82, 2.24) is 19.9 Å². The van der Waals surface area contributed by atoms with Crippen molar-refractivity contribution in [3.05, 3.63) is 64.2 Å². The molecule has 0 atom stereocenters. The Hall–Kier alpha value is -2.81. The smallest absolute Gasteiger partial charge is 0.212 e. The monoisotopic (exact) mass is 429 g/mol. The van der Waals surface area contributed by atoms with Gasteiger partial charge in [-0.2, -0.15) is 0 Å². The van der Waals surface area contributed by atoms with Crippen LogP contribution < -0.4 is 11.1 Å². The molecule has 0 aliphatic heterocycles. The van der Waals surface area contributed by atoms with Gasteiger partial charge in [0.1, 0.15) is 18.0 Å². The molecule has 7 nitrogen and oxygen atoms in total. The van der Waals surface area contributed by atoms with Gasteiger partial charge in [-0.25, -0.2) is 24.9 Å². The van der Waals surface area contributed by atoms with Crippen LogP contribution in [-0.4, -0.2) is 25.8 Å². The third-order valence-corrected chi connectivity index (χ3v) is 5.13. The van der Waals surface area contributed by atoms with E-state index in [1.54, 1.807) is 24.4 Å². The van der Waals surface area contributed by atoms with E-state index in [4.69, 9.17) is 28.9 Å². The van der Waals surface area contributed by atoms with Gasteiger partial charge < -0.3 is 11.1 Å². The molecule has 10 heteroatoms. The molecule has 3 aromatic heterocycles. The molecule has 0 radical (unpaired) electrons. The van der Waals surface area contributed by atoms with Crippen LogP contribution in [0, 0.1) is 6.92 Å². The number of hydrogen-bond donors (Lipinski definition) is 2. The summed E-state index contributed by atoms with van der Waals surface area (Å²) in [5.74, 6) is 1.57. The molecule has 0 saturated heterocycles. The highest BCUT2D eigenvalue weighted by molar-refractivity contribution is 7.22. The van der Waals surface area contributed by atoms with E-state index >= 15 is 0 Å². The summed E-state index contributed by atoms with van der Waals surface area (Å²) in [6.07, 6.45) is 3.17. The zero-order chi connectivity index (χ0) is 19.7. The lowest BCUT2D eigenvalue weighted by atomic mass is 10.2. The highest BCUT2D eigenvalue weighted by Crippen LogP contribution is 2.33. The number of nitrogens with zero attached hydrogens (tertiary/aromatic N) is 5. The van der Waals surface area contributed by atoms with Crippen molar-refractivity contribution in [2.24, 2.45) is 10.7 Å². The SMILES string of the molecule is Cc1cc(Nc2nccc3nc(N=C(N)c4cc(Cl)cc(Cl)c4)sc23)ncn1. The summed E-state index contributed by atoms with van der Waals surface area (Å²) < 4.78 is 0.842. The molecule has 0 unspecified atom stereocenters. The first-order chi connectivity index (χ1) is 13.5. The van der Waals surface area contributed by atoms with Gasteiger partial charge in [0, 0.05) is 33.6 Å². The van der Waals surface area contributed by atoms with Crippen molar-refractivity contribution < 1.29 is 0 Å². The molecule has 0 aliphatic rings. The van der Waals surface area contributed by atoms with E-state index in [1.807, 2.05) is 19.1 Å². The zero-order valence-electron chi connectivity index (χ0n) is 14.5. The lowest BCUT2D eigenvalue weighted by molar-refractivity contribution is 1.10. The standard InChI is InChI=1S/C18H13Cl2N7S/c1-9-4-14(24-8-23-9)26-17-15-13(2-3-22-17)25-18(28-15)27-16(21)10-5-11(19)7-12(20)6-10/h2-8H,1H3,(H2,21,25,27)(H,22,23,24,26). The van der Waals surface area contributed by atoms with Crippen molar-refractivity contribution >= 4 is 67.4 Å². The maximum Gasteiger partial charge on any atom is 0.212 e. The molecule has 28 heavy (non-hydrogen) atoms. The number of rotatable bonds is 4. The van der Waals surface area contributed by atoms with E-state index < -0.39 is 0 Å². The molecule has 3 heterocycles. The van der Waals surface area contributed by atoms with Crippen molar-refractivity contribution in [2.45, 2.75) is 6.92 Å². The molecule has 0 spiro atoms. The van der Waals surface area contributed by atoms with Crippen LogP contribution in [0.3, 0.4) is 0 Å². The third kappa shape index (κ3) is 4.04. The van der Waals surface area contributed by atoms with Crippen LogP contribution in [0.5, 0.6) is 0 Å². The molecule has 3 N–H and O–H groups in total. The zero-order valence-corrected chi connectivity index (χ0v) is 16.8. The number of hydrogen-bond acceptors (Lipinski definition) is 7. The number of amidine groups is 1. The number of nitrogens with two attached hydrogens (primary N) is 1. The molecule has 4 rings (SSSR count). The summed E-state index contributed by atoms with van der Waals surface area (Å²) in [5, 5.41) is 4.67. The van der Waals surface area contributed by atoms with Crippen LogP contribution in [0.4, 0.5) is 16.8 Å². The Morgan fingerprint density at radius 1 is 1.11 bits per heavy atom. The van der Waals surface area contributed by atoms with Crippen LogP contribution in [0.2, 0.25) is 10.0 Å². The van der Waals surface area contributed by atoms with Gasteiger partial charge in [0.05, 0.1) is 10.2 Å². The highest BCUT2D eigenvalue weighted by Gasteiger charge is 2.11. The fourth-order valence-corrected chi connectivity index (χ4v) is 3.91. The third-order valence-electron chi connectivity index (χ3n) is 3.72. The van der Waals surface area contributed by atoms with Crippen molar-refractivity contribution in [2.75, 3.05) is 5.32 Å². The van der Waals surface area contributed by atoms with Gasteiger partial charge in [0.25, 0.3) is 0 Å². The summed E-state index contributed by atoms with van der Waals surface area (Å²) in [6.45, 7) is 1.89. The first-order valence-electron chi connectivity index (χ1n) is 8.10.